The van der Waals surface area contributed by atoms with Gasteiger partial charge in [-0.3, -0.25) is 4.79 Å². The van der Waals surface area contributed by atoms with Crippen LogP contribution in [0.5, 0.6) is 5.75 Å². The Balaban J connectivity index is 1.61. The lowest BCUT2D eigenvalue weighted by Crippen LogP contribution is -2.20. The second kappa shape index (κ2) is 11.3. The molecule has 1 N–H and O–H groups in total. The summed E-state index contributed by atoms with van der Waals surface area (Å²) in [4.78, 5) is 12.2. The van der Waals surface area contributed by atoms with E-state index >= 15 is 0 Å². The molecule has 0 fully saturated rings. The zero-order valence-corrected chi connectivity index (χ0v) is 22.2. The highest BCUT2D eigenvalue weighted by Gasteiger charge is 2.10. The van der Waals surface area contributed by atoms with E-state index in [1.54, 1.807) is 6.21 Å². The van der Waals surface area contributed by atoms with Gasteiger partial charge >= 0.3 is 0 Å². The Hall–Kier alpha value is -1.65. The molecule has 31 heavy (non-hydrogen) atoms. The molecule has 0 spiro atoms. The number of benzene rings is 3. The summed E-state index contributed by atoms with van der Waals surface area (Å²) < 4.78 is 7.92. The van der Waals surface area contributed by atoms with Crippen molar-refractivity contribution in [1.29, 1.82) is 0 Å². The van der Waals surface area contributed by atoms with Crippen molar-refractivity contribution in [2.45, 2.75) is 26.9 Å². The van der Waals surface area contributed by atoms with E-state index in [0.717, 1.165) is 35.1 Å². The van der Waals surface area contributed by atoms with Crippen LogP contribution in [0, 0.1) is 21.0 Å². The van der Waals surface area contributed by atoms with E-state index in [4.69, 9.17) is 16.3 Å². The Labute approximate surface area is 214 Å². The SMILES string of the molecule is Cc1ccc(CC(=O)N/N=C/c2cc(I)c(OCc3ccccc3Cl)c(I)c2)c(C)c1. The Kier molecular flexibility index (Phi) is 8.74. The maximum atomic E-state index is 12.2. The zero-order chi connectivity index (χ0) is 22.4. The number of hydrogen-bond donors (Lipinski definition) is 1. The molecule has 0 aliphatic rings. The molecule has 160 valence electrons. The van der Waals surface area contributed by atoms with Gasteiger partial charge in [-0.1, -0.05) is 53.6 Å². The van der Waals surface area contributed by atoms with Crippen molar-refractivity contribution >= 4 is 68.9 Å². The Morgan fingerprint density at radius 3 is 2.45 bits per heavy atom. The first-order chi connectivity index (χ1) is 14.8. The summed E-state index contributed by atoms with van der Waals surface area (Å²) in [7, 11) is 0. The van der Waals surface area contributed by atoms with E-state index in [9.17, 15) is 4.79 Å². The highest BCUT2D eigenvalue weighted by Crippen LogP contribution is 2.30. The average molecular weight is 659 g/mol. The number of nitrogens with zero attached hydrogens (tertiary/aromatic N) is 1. The number of hydrazone groups is 1. The van der Waals surface area contributed by atoms with Crippen molar-refractivity contribution < 1.29 is 9.53 Å². The highest BCUT2D eigenvalue weighted by molar-refractivity contribution is 14.1. The van der Waals surface area contributed by atoms with Crippen molar-refractivity contribution in [3.8, 4) is 5.75 Å². The summed E-state index contributed by atoms with van der Waals surface area (Å²) in [5, 5.41) is 4.80. The molecular weight excluding hydrogens is 638 g/mol. The number of nitrogens with one attached hydrogen (secondary N) is 1. The number of halogens is 3. The summed E-state index contributed by atoms with van der Waals surface area (Å²) in [6.45, 7) is 4.45. The molecule has 3 rings (SSSR count). The quantitative estimate of drug-likeness (QED) is 0.181. The third kappa shape index (κ3) is 6.92. The first-order valence-corrected chi connectivity index (χ1v) is 12.1. The van der Waals surface area contributed by atoms with Crippen molar-refractivity contribution in [2.24, 2.45) is 5.10 Å². The lowest BCUT2D eigenvalue weighted by molar-refractivity contribution is -0.120. The third-order valence-electron chi connectivity index (χ3n) is 4.60. The standard InChI is InChI=1S/C24H21ClI2N2O2/c1-15-7-8-18(16(2)9-15)12-23(30)29-28-13-17-10-21(26)24(22(27)11-17)31-14-19-5-3-4-6-20(19)25/h3-11,13H,12,14H2,1-2H3,(H,29,30)/b28-13+. The van der Waals surface area contributed by atoms with Crippen molar-refractivity contribution in [1.82, 2.24) is 5.43 Å². The minimum Gasteiger partial charge on any atom is -0.487 e. The number of ether oxygens (including phenoxy) is 1. The molecule has 1 amide bonds. The van der Waals surface area contributed by atoms with Crippen molar-refractivity contribution in [2.75, 3.05) is 0 Å². The van der Waals surface area contributed by atoms with Gasteiger partial charge in [0.25, 0.3) is 0 Å². The molecule has 0 aliphatic heterocycles. The maximum Gasteiger partial charge on any atom is 0.244 e. The molecule has 0 saturated heterocycles. The number of hydrogen-bond acceptors (Lipinski definition) is 3. The molecule has 0 heterocycles. The topological polar surface area (TPSA) is 50.7 Å². The molecule has 7 heteroatoms. The molecular formula is C24H21ClI2N2O2. The van der Waals surface area contributed by atoms with E-state index in [1.165, 1.54) is 5.56 Å². The fourth-order valence-electron chi connectivity index (χ4n) is 2.99. The summed E-state index contributed by atoms with van der Waals surface area (Å²) in [6.07, 6.45) is 1.94. The number of amides is 1. The van der Waals surface area contributed by atoms with Gasteiger partial charge in [0, 0.05) is 10.6 Å². The number of carbonyl (C=O) groups excluding carboxylic acids is 1. The fourth-order valence-corrected chi connectivity index (χ4v) is 5.31. The summed E-state index contributed by atoms with van der Waals surface area (Å²) >= 11 is 10.7. The van der Waals surface area contributed by atoms with Crippen LogP contribution in [0.2, 0.25) is 5.02 Å². The highest BCUT2D eigenvalue weighted by atomic mass is 127. The van der Waals surface area contributed by atoms with E-state index in [1.807, 2.05) is 62.4 Å². The second-order valence-electron chi connectivity index (χ2n) is 7.09. The monoisotopic (exact) mass is 658 g/mol. The minimum atomic E-state index is -0.146. The van der Waals surface area contributed by atoms with Crippen LogP contribution < -0.4 is 10.2 Å². The van der Waals surface area contributed by atoms with E-state index in [0.29, 0.717) is 18.1 Å². The van der Waals surface area contributed by atoms with Crippen LogP contribution in [0.4, 0.5) is 0 Å². The fraction of sp³-hybridized carbons (Fsp3) is 0.167. The normalized spacial score (nSPS) is 11.0. The smallest absolute Gasteiger partial charge is 0.244 e. The molecule has 0 bridgehead atoms. The molecule has 0 radical (unpaired) electrons. The van der Waals surface area contributed by atoms with Gasteiger partial charge in [0.15, 0.2) is 0 Å². The molecule has 4 nitrogen and oxygen atoms in total. The molecule has 0 aromatic heterocycles. The zero-order valence-electron chi connectivity index (χ0n) is 17.1. The van der Waals surface area contributed by atoms with Crippen LogP contribution in [0.15, 0.2) is 59.7 Å². The van der Waals surface area contributed by atoms with Gasteiger partial charge in [-0.2, -0.15) is 5.10 Å². The first kappa shape index (κ1) is 24.0. The van der Waals surface area contributed by atoms with Crippen LogP contribution in [-0.2, 0) is 17.8 Å². The van der Waals surface area contributed by atoms with E-state index in [-0.39, 0.29) is 5.91 Å². The predicted octanol–water partition coefficient (Wildman–Crippen LogP) is 6.44. The maximum absolute atomic E-state index is 12.2. The molecule has 3 aromatic rings. The Bertz CT molecular complexity index is 1110. The average Bonchev–Trinajstić information content (AvgIpc) is 2.71. The Morgan fingerprint density at radius 2 is 1.77 bits per heavy atom. The van der Waals surface area contributed by atoms with Gasteiger partial charge in [-0.25, -0.2) is 5.43 Å². The number of rotatable bonds is 7. The largest absolute Gasteiger partial charge is 0.487 e. The summed E-state index contributed by atoms with van der Waals surface area (Å²) in [5.41, 5.74) is 7.72. The van der Waals surface area contributed by atoms with Gasteiger partial charge in [0.2, 0.25) is 5.91 Å². The molecule has 3 aromatic carbocycles. The van der Waals surface area contributed by atoms with E-state index in [2.05, 4.69) is 61.8 Å². The minimum absolute atomic E-state index is 0.146. The van der Waals surface area contributed by atoms with Crippen LogP contribution >= 0.6 is 56.8 Å². The van der Waals surface area contributed by atoms with Crippen LogP contribution in [0.1, 0.15) is 27.8 Å². The van der Waals surface area contributed by atoms with Crippen LogP contribution in [0.25, 0.3) is 0 Å². The number of carbonyl (C=O) groups is 1. The predicted molar refractivity (Wildman–Crippen MR) is 143 cm³/mol. The third-order valence-corrected chi connectivity index (χ3v) is 6.57. The number of aryl methyl sites for hydroxylation is 2. The van der Waals surface area contributed by atoms with Gasteiger partial charge in [0.1, 0.15) is 12.4 Å². The van der Waals surface area contributed by atoms with Gasteiger partial charge in [-0.15, -0.1) is 0 Å². The Morgan fingerprint density at radius 1 is 1.06 bits per heavy atom. The molecule has 0 saturated carbocycles. The molecule has 0 atom stereocenters. The first-order valence-electron chi connectivity index (χ1n) is 9.57. The van der Waals surface area contributed by atoms with E-state index < -0.39 is 0 Å². The van der Waals surface area contributed by atoms with Gasteiger partial charge in [-0.05, 0) is 93.9 Å². The van der Waals surface area contributed by atoms with Gasteiger partial charge < -0.3 is 4.74 Å². The second-order valence-corrected chi connectivity index (χ2v) is 9.83. The van der Waals surface area contributed by atoms with Crippen molar-refractivity contribution in [3.05, 3.63) is 94.6 Å². The molecule has 0 unspecified atom stereocenters. The molecule has 0 aliphatic carbocycles. The van der Waals surface area contributed by atoms with Crippen molar-refractivity contribution in [3.63, 3.8) is 0 Å². The van der Waals surface area contributed by atoms with Crippen LogP contribution in [-0.4, -0.2) is 12.1 Å². The van der Waals surface area contributed by atoms with Gasteiger partial charge in [0.05, 0.1) is 19.8 Å². The van der Waals surface area contributed by atoms with Crippen LogP contribution in [0.3, 0.4) is 0 Å². The summed E-state index contributed by atoms with van der Waals surface area (Å²) in [6, 6.07) is 17.6. The lowest BCUT2D eigenvalue weighted by Gasteiger charge is -2.12. The lowest BCUT2D eigenvalue weighted by atomic mass is 10.0. The summed E-state index contributed by atoms with van der Waals surface area (Å²) in [5.74, 6) is 0.657.